The highest BCUT2D eigenvalue weighted by atomic mass is 16.4. The molecule has 0 atom stereocenters. The first kappa shape index (κ1) is 17.6. The van der Waals surface area contributed by atoms with Crippen LogP contribution in [0, 0.1) is 0 Å². The zero-order valence-electron chi connectivity index (χ0n) is 15.2. The Bertz CT molecular complexity index is 1020. The monoisotopic (exact) mass is 365 g/mol. The van der Waals surface area contributed by atoms with Crippen LogP contribution in [0.4, 0.5) is 17.1 Å². The minimum absolute atomic E-state index is 0.291. The Labute approximate surface area is 164 Å². The smallest absolute Gasteiger partial charge is 0.335 e. The zero-order chi connectivity index (χ0) is 19.3. The van der Waals surface area contributed by atoms with Crippen molar-refractivity contribution in [3.05, 3.63) is 115 Å². The molecule has 0 aliphatic rings. The van der Waals surface area contributed by atoms with Crippen molar-refractivity contribution < 1.29 is 9.90 Å². The summed E-state index contributed by atoms with van der Waals surface area (Å²) >= 11 is 0. The van der Waals surface area contributed by atoms with Gasteiger partial charge in [0, 0.05) is 17.1 Å². The predicted molar refractivity (Wildman–Crippen MR) is 114 cm³/mol. The lowest BCUT2D eigenvalue weighted by Crippen LogP contribution is -2.09. The average Bonchev–Trinajstić information content (AvgIpc) is 2.76. The number of benzene rings is 4. The van der Waals surface area contributed by atoms with E-state index in [9.17, 15) is 4.79 Å². The summed E-state index contributed by atoms with van der Waals surface area (Å²) < 4.78 is 0. The number of carboxylic acids is 1. The van der Waals surface area contributed by atoms with Gasteiger partial charge in [-0.3, -0.25) is 0 Å². The molecule has 3 heteroatoms. The molecule has 0 saturated heterocycles. The molecule has 4 aromatic carbocycles. The van der Waals surface area contributed by atoms with Crippen LogP contribution in [-0.4, -0.2) is 11.1 Å². The fraction of sp³-hybridized carbons (Fsp3) is 0. The van der Waals surface area contributed by atoms with Gasteiger partial charge in [-0.15, -0.1) is 0 Å². The lowest BCUT2D eigenvalue weighted by atomic mass is 10.0. The maximum Gasteiger partial charge on any atom is 0.335 e. The summed E-state index contributed by atoms with van der Waals surface area (Å²) in [6, 6.07) is 35.7. The third-order valence-corrected chi connectivity index (χ3v) is 4.62. The van der Waals surface area contributed by atoms with Gasteiger partial charge in [-0.2, -0.15) is 0 Å². The number of hydrogen-bond acceptors (Lipinski definition) is 2. The molecule has 0 radical (unpaired) electrons. The van der Waals surface area contributed by atoms with Crippen LogP contribution in [0.1, 0.15) is 10.4 Å². The van der Waals surface area contributed by atoms with E-state index >= 15 is 0 Å². The van der Waals surface area contributed by atoms with Crippen LogP contribution in [0.5, 0.6) is 0 Å². The Morgan fingerprint density at radius 3 is 1.36 bits per heavy atom. The van der Waals surface area contributed by atoms with Crippen LogP contribution in [0.25, 0.3) is 11.1 Å². The Morgan fingerprint density at radius 2 is 0.929 bits per heavy atom. The van der Waals surface area contributed by atoms with E-state index in [1.54, 1.807) is 12.1 Å². The number of hydrogen-bond donors (Lipinski definition) is 1. The highest BCUT2D eigenvalue weighted by molar-refractivity contribution is 5.88. The van der Waals surface area contributed by atoms with Gasteiger partial charge in [0.25, 0.3) is 0 Å². The lowest BCUT2D eigenvalue weighted by Gasteiger charge is -2.25. The Hall–Kier alpha value is -3.85. The van der Waals surface area contributed by atoms with Gasteiger partial charge in [0.05, 0.1) is 5.56 Å². The third kappa shape index (κ3) is 3.64. The zero-order valence-corrected chi connectivity index (χ0v) is 15.2. The van der Waals surface area contributed by atoms with Crippen molar-refractivity contribution in [3.63, 3.8) is 0 Å². The number of carbonyl (C=O) groups is 1. The van der Waals surface area contributed by atoms with Crippen molar-refractivity contribution >= 4 is 23.0 Å². The van der Waals surface area contributed by atoms with Crippen molar-refractivity contribution in [2.75, 3.05) is 4.90 Å². The van der Waals surface area contributed by atoms with E-state index in [-0.39, 0.29) is 0 Å². The minimum atomic E-state index is -0.914. The SMILES string of the molecule is O=C(O)c1ccc(-c2ccc(N(c3ccccc3)c3ccccc3)cc2)cc1. The maximum absolute atomic E-state index is 11.0. The molecule has 0 aliphatic heterocycles. The summed E-state index contributed by atoms with van der Waals surface area (Å²) in [5.74, 6) is -0.914. The van der Waals surface area contributed by atoms with E-state index in [2.05, 4.69) is 53.4 Å². The number of para-hydroxylation sites is 2. The topological polar surface area (TPSA) is 40.5 Å². The largest absolute Gasteiger partial charge is 0.478 e. The molecule has 4 rings (SSSR count). The van der Waals surface area contributed by atoms with Crippen LogP contribution in [0.3, 0.4) is 0 Å². The second-order valence-electron chi connectivity index (χ2n) is 6.44. The van der Waals surface area contributed by atoms with Gasteiger partial charge in [0.15, 0.2) is 0 Å². The summed E-state index contributed by atoms with van der Waals surface area (Å²) in [6.45, 7) is 0. The molecule has 0 heterocycles. The molecule has 136 valence electrons. The van der Waals surface area contributed by atoms with Crippen molar-refractivity contribution in [1.29, 1.82) is 0 Å². The summed E-state index contributed by atoms with van der Waals surface area (Å²) in [7, 11) is 0. The van der Waals surface area contributed by atoms with Gasteiger partial charge in [0.1, 0.15) is 0 Å². The Kier molecular flexibility index (Phi) is 4.89. The number of nitrogens with zero attached hydrogens (tertiary/aromatic N) is 1. The number of anilines is 3. The number of aromatic carboxylic acids is 1. The summed E-state index contributed by atoms with van der Waals surface area (Å²) in [5.41, 5.74) is 5.56. The van der Waals surface area contributed by atoms with Crippen LogP contribution in [0.15, 0.2) is 109 Å². The van der Waals surface area contributed by atoms with Crippen LogP contribution in [0.2, 0.25) is 0 Å². The normalized spacial score (nSPS) is 10.4. The van der Waals surface area contributed by atoms with Crippen molar-refractivity contribution in [3.8, 4) is 11.1 Å². The van der Waals surface area contributed by atoms with E-state index in [1.165, 1.54) is 0 Å². The van der Waals surface area contributed by atoms with Gasteiger partial charge >= 0.3 is 5.97 Å². The van der Waals surface area contributed by atoms with E-state index in [0.717, 1.165) is 28.2 Å². The fourth-order valence-corrected chi connectivity index (χ4v) is 3.21. The quantitative estimate of drug-likeness (QED) is 0.437. The lowest BCUT2D eigenvalue weighted by molar-refractivity contribution is 0.0697. The van der Waals surface area contributed by atoms with Crippen molar-refractivity contribution in [2.45, 2.75) is 0 Å². The molecule has 0 unspecified atom stereocenters. The maximum atomic E-state index is 11.0. The molecule has 0 aliphatic carbocycles. The van der Waals surface area contributed by atoms with Gasteiger partial charge in [-0.25, -0.2) is 4.79 Å². The second kappa shape index (κ2) is 7.80. The highest BCUT2D eigenvalue weighted by Crippen LogP contribution is 2.35. The molecule has 0 amide bonds. The summed E-state index contributed by atoms with van der Waals surface area (Å²) in [4.78, 5) is 13.2. The first-order chi connectivity index (χ1) is 13.7. The third-order valence-electron chi connectivity index (χ3n) is 4.62. The first-order valence-electron chi connectivity index (χ1n) is 9.06. The van der Waals surface area contributed by atoms with Gasteiger partial charge < -0.3 is 10.0 Å². The molecule has 0 aromatic heterocycles. The molecule has 1 N–H and O–H groups in total. The summed E-state index contributed by atoms with van der Waals surface area (Å²) in [6.07, 6.45) is 0. The van der Waals surface area contributed by atoms with Gasteiger partial charge in [-0.1, -0.05) is 60.7 Å². The Morgan fingerprint density at radius 1 is 0.536 bits per heavy atom. The Balaban J connectivity index is 1.69. The minimum Gasteiger partial charge on any atom is -0.478 e. The molecule has 28 heavy (non-hydrogen) atoms. The van der Waals surface area contributed by atoms with E-state index < -0.39 is 5.97 Å². The number of rotatable bonds is 5. The van der Waals surface area contributed by atoms with Crippen LogP contribution >= 0.6 is 0 Å². The molecular weight excluding hydrogens is 346 g/mol. The highest BCUT2D eigenvalue weighted by Gasteiger charge is 2.12. The van der Waals surface area contributed by atoms with E-state index in [4.69, 9.17) is 5.11 Å². The summed E-state index contributed by atoms with van der Waals surface area (Å²) in [5, 5.41) is 9.05. The molecule has 0 spiro atoms. The first-order valence-corrected chi connectivity index (χ1v) is 9.06. The number of carboxylic acid groups (broad SMARTS) is 1. The van der Waals surface area contributed by atoms with Crippen LogP contribution < -0.4 is 4.90 Å². The fourth-order valence-electron chi connectivity index (χ4n) is 3.21. The van der Waals surface area contributed by atoms with Crippen molar-refractivity contribution in [1.82, 2.24) is 0 Å². The second-order valence-corrected chi connectivity index (χ2v) is 6.44. The molecular formula is C25H19NO2. The standard InChI is InChI=1S/C25H19NO2/c27-25(28)21-13-11-19(12-14-21)20-15-17-24(18-16-20)26(22-7-3-1-4-8-22)23-9-5-2-6-10-23/h1-18H,(H,27,28). The average molecular weight is 365 g/mol. The van der Waals surface area contributed by atoms with Gasteiger partial charge in [-0.05, 0) is 59.7 Å². The molecule has 4 aromatic rings. The molecule has 0 bridgehead atoms. The van der Waals surface area contributed by atoms with Crippen LogP contribution in [-0.2, 0) is 0 Å². The molecule has 0 saturated carbocycles. The predicted octanol–water partition coefficient (Wildman–Crippen LogP) is 6.52. The molecule has 3 nitrogen and oxygen atoms in total. The van der Waals surface area contributed by atoms with E-state index in [0.29, 0.717) is 5.56 Å². The van der Waals surface area contributed by atoms with E-state index in [1.807, 2.05) is 48.5 Å². The van der Waals surface area contributed by atoms with Gasteiger partial charge in [0.2, 0.25) is 0 Å². The molecule has 0 fully saturated rings. The van der Waals surface area contributed by atoms with Crippen molar-refractivity contribution in [2.24, 2.45) is 0 Å².